The predicted molar refractivity (Wildman–Crippen MR) is 90.3 cm³/mol. The number of aliphatic imine (C=N–C) groups is 1. The number of fused-ring (bicyclic) bond motifs is 1. The fourth-order valence-corrected chi connectivity index (χ4v) is 3.68. The third-order valence-electron chi connectivity index (χ3n) is 4.86. The quantitative estimate of drug-likeness (QED) is 0.891. The highest BCUT2D eigenvalue weighted by molar-refractivity contribution is 5.75. The van der Waals surface area contributed by atoms with Crippen LogP contribution in [0, 0.1) is 23.0 Å². The summed E-state index contributed by atoms with van der Waals surface area (Å²) in [6.07, 6.45) is 1.44. The molecule has 0 saturated carbocycles. The van der Waals surface area contributed by atoms with Gasteiger partial charge in [0.05, 0.1) is 12.1 Å². The van der Waals surface area contributed by atoms with E-state index in [9.17, 15) is 14.0 Å². The zero-order valence-electron chi connectivity index (χ0n) is 13.7. The van der Waals surface area contributed by atoms with Crippen LogP contribution in [0.3, 0.4) is 0 Å². The van der Waals surface area contributed by atoms with Gasteiger partial charge in [-0.2, -0.15) is 5.26 Å². The lowest BCUT2D eigenvalue weighted by molar-refractivity contribution is 0.112. The number of nitriles is 1. The molecule has 3 heterocycles. The first-order valence-electron chi connectivity index (χ1n) is 8.11. The second-order valence-corrected chi connectivity index (χ2v) is 6.29. The topological polar surface area (TPSA) is 87.5 Å². The van der Waals surface area contributed by atoms with Crippen LogP contribution in [0.1, 0.15) is 17.5 Å². The molecule has 1 saturated heterocycles. The molecule has 4 rings (SSSR count). The Morgan fingerprint density at radius 2 is 2.19 bits per heavy atom. The molecule has 0 spiro atoms. The molecule has 8 heteroatoms. The van der Waals surface area contributed by atoms with E-state index in [0.29, 0.717) is 30.9 Å². The molecule has 2 aromatic rings. The van der Waals surface area contributed by atoms with E-state index in [1.165, 1.54) is 12.1 Å². The van der Waals surface area contributed by atoms with Crippen molar-refractivity contribution in [2.24, 2.45) is 10.7 Å². The molecule has 1 aromatic heterocycles. The van der Waals surface area contributed by atoms with Crippen molar-refractivity contribution in [2.45, 2.75) is 18.1 Å². The van der Waals surface area contributed by atoms with Gasteiger partial charge in [-0.05, 0) is 24.6 Å². The molecule has 0 bridgehead atoms. The Labute approximate surface area is 148 Å². The Morgan fingerprint density at radius 1 is 1.35 bits per heavy atom. The first kappa shape index (κ1) is 16.3. The minimum Gasteiger partial charge on any atom is -0.457 e. The van der Waals surface area contributed by atoms with Gasteiger partial charge in [0.25, 0.3) is 6.02 Å². The largest absolute Gasteiger partial charge is 0.457 e. The number of hydrogen-bond donors (Lipinski definition) is 1. The number of piperidine rings is 1. The van der Waals surface area contributed by atoms with Crippen LogP contribution in [0.15, 0.2) is 41.5 Å². The number of rotatable bonds is 2. The van der Waals surface area contributed by atoms with Crippen LogP contribution in [0.4, 0.5) is 14.6 Å². The summed E-state index contributed by atoms with van der Waals surface area (Å²) in [5.41, 5.74) is 5.47. The number of amidine groups is 1. The van der Waals surface area contributed by atoms with Crippen LogP contribution < -0.4 is 10.6 Å². The second kappa shape index (κ2) is 5.95. The molecule has 0 aliphatic carbocycles. The number of ether oxygens (including phenoxy) is 1. The van der Waals surface area contributed by atoms with Gasteiger partial charge in [-0.25, -0.2) is 18.8 Å². The second-order valence-electron chi connectivity index (χ2n) is 6.29. The molecule has 6 nitrogen and oxygen atoms in total. The third kappa shape index (κ3) is 2.44. The van der Waals surface area contributed by atoms with Crippen LogP contribution in [-0.4, -0.2) is 30.2 Å². The maximum absolute atomic E-state index is 14.5. The van der Waals surface area contributed by atoms with Gasteiger partial charge in [-0.15, -0.1) is 0 Å². The number of pyridine rings is 1. The fourth-order valence-electron chi connectivity index (χ4n) is 3.68. The minimum atomic E-state index is -1.01. The zero-order valence-corrected chi connectivity index (χ0v) is 13.7. The molecule has 2 N–H and O–H groups in total. The summed E-state index contributed by atoms with van der Waals surface area (Å²) in [5.74, 6) is -0.794. The first-order valence-corrected chi connectivity index (χ1v) is 8.11. The highest BCUT2D eigenvalue weighted by Gasteiger charge is 2.52. The van der Waals surface area contributed by atoms with Crippen molar-refractivity contribution >= 4 is 11.8 Å². The van der Waals surface area contributed by atoms with E-state index >= 15 is 0 Å². The van der Waals surface area contributed by atoms with E-state index in [4.69, 9.17) is 10.5 Å². The Hall–Kier alpha value is -3.21. The average molecular weight is 355 g/mol. The summed E-state index contributed by atoms with van der Waals surface area (Å²) in [6, 6.07) is 8.90. The van der Waals surface area contributed by atoms with E-state index in [-0.39, 0.29) is 11.6 Å². The molecule has 2 atom stereocenters. The van der Waals surface area contributed by atoms with Gasteiger partial charge in [0.15, 0.2) is 0 Å². The molecule has 26 heavy (non-hydrogen) atoms. The minimum absolute atomic E-state index is 0.0258. The molecule has 1 aromatic carbocycles. The van der Waals surface area contributed by atoms with E-state index in [0.717, 1.165) is 6.07 Å². The Morgan fingerprint density at radius 3 is 2.96 bits per heavy atom. The normalized spacial score (nSPS) is 24.4. The molecular weight excluding hydrogens is 340 g/mol. The van der Waals surface area contributed by atoms with Crippen molar-refractivity contribution in [1.29, 1.82) is 5.26 Å². The molecule has 0 amide bonds. The van der Waals surface area contributed by atoms with Gasteiger partial charge >= 0.3 is 0 Å². The van der Waals surface area contributed by atoms with Crippen LogP contribution in [0.5, 0.6) is 0 Å². The van der Waals surface area contributed by atoms with Crippen molar-refractivity contribution in [3.8, 4) is 6.07 Å². The van der Waals surface area contributed by atoms with E-state index in [1.54, 1.807) is 18.3 Å². The Balaban J connectivity index is 1.71. The van der Waals surface area contributed by atoms with E-state index < -0.39 is 23.3 Å². The van der Waals surface area contributed by atoms with Crippen molar-refractivity contribution in [2.75, 3.05) is 18.0 Å². The lowest BCUT2D eigenvalue weighted by atomic mass is 9.79. The summed E-state index contributed by atoms with van der Waals surface area (Å²) in [5, 5.41) is 9.29. The Kier molecular flexibility index (Phi) is 3.72. The highest BCUT2D eigenvalue weighted by Crippen LogP contribution is 2.44. The van der Waals surface area contributed by atoms with Gasteiger partial charge in [0.2, 0.25) is 0 Å². The van der Waals surface area contributed by atoms with Crippen molar-refractivity contribution in [3.05, 3.63) is 59.3 Å². The number of anilines is 1. The van der Waals surface area contributed by atoms with Crippen LogP contribution >= 0.6 is 0 Å². The van der Waals surface area contributed by atoms with Crippen LogP contribution in [0.25, 0.3) is 0 Å². The predicted octanol–water partition coefficient (Wildman–Crippen LogP) is 2.05. The van der Waals surface area contributed by atoms with Crippen LogP contribution in [-0.2, 0) is 10.3 Å². The average Bonchev–Trinajstić information content (AvgIpc) is 2.97. The van der Waals surface area contributed by atoms with Gasteiger partial charge in [-0.1, -0.05) is 6.07 Å². The molecular formula is C18H15F2N5O. The van der Waals surface area contributed by atoms with E-state index in [1.807, 2.05) is 4.90 Å². The van der Waals surface area contributed by atoms with Crippen molar-refractivity contribution in [1.82, 2.24) is 4.98 Å². The van der Waals surface area contributed by atoms with Crippen molar-refractivity contribution < 1.29 is 13.5 Å². The SMILES string of the molecule is N#Cc1cccnc1N1CCC2(c3ccc(F)cc3F)N=C(N)OC2C1. The van der Waals surface area contributed by atoms with Gasteiger partial charge < -0.3 is 15.4 Å². The molecule has 2 unspecified atom stereocenters. The number of nitrogens with two attached hydrogens (primary N) is 1. The summed E-state index contributed by atoms with van der Waals surface area (Å²) in [7, 11) is 0. The van der Waals surface area contributed by atoms with Crippen LogP contribution in [0.2, 0.25) is 0 Å². The molecule has 2 aliphatic heterocycles. The highest BCUT2D eigenvalue weighted by atomic mass is 19.1. The number of benzene rings is 1. The summed E-state index contributed by atoms with van der Waals surface area (Å²) < 4.78 is 33.4. The van der Waals surface area contributed by atoms with Gasteiger partial charge in [0, 0.05) is 24.4 Å². The van der Waals surface area contributed by atoms with Crippen molar-refractivity contribution in [3.63, 3.8) is 0 Å². The number of halogens is 2. The summed E-state index contributed by atoms with van der Waals surface area (Å²) in [4.78, 5) is 10.6. The maximum atomic E-state index is 14.5. The monoisotopic (exact) mass is 355 g/mol. The molecule has 132 valence electrons. The number of aromatic nitrogens is 1. The number of nitrogens with zero attached hydrogens (tertiary/aromatic N) is 4. The lowest BCUT2D eigenvalue weighted by Gasteiger charge is -2.41. The number of hydrogen-bond acceptors (Lipinski definition) is 6. The lowest BCUT2D eigenvalue weighted by Crippen LogP contribution is -2.52. The van der Waals surface area contributed by atoms with E-state index in [2.05, 4.69) is 16.0 Å². The summed E-state index contributed by atoms with van der Waals surface area (Å²) >= 11 is 0. The first-order chi connectivity index (χ1) is 12.5. The third-order valence-corrected chi connectivity index (χ3v) is 4.86. The summed E-state index contributed by atoms with van der Waals surface area (Å²) in [6.45, 7) is 0.797. The standard InChI is InChI=1S/C18H15F2N5O/c19-12-3-4-13(14(20)8-12)18-5-7-25(10-15(18)26-17(22)24-18)16-11(9-21)2-1-6-23-16/h1-4,6,8,15H,5,7,10H2,(H2,22,24). The fraction of sp³-hybridized carbons (Fsp3) is 0.278. The van der Waals surface area contributed by atoms with Gasteiger partial charge in [-0.3, -0.25) is 0 Å². The smallest absolute Gasteiger partial charge is 0.283 e. The Bertz CT molecular complexity index is 941. The van der Waals surface area contributed by atoms with Gasteiger partial charge in [0.1, 0.15) is 35.2 Å². The molecule has 0 radical (unpaired) electrons. The zero-order chi connectivity index (χ0) is 18.3. The molecule has 1 fully saturated rings. The maximum Gasteiger partial charge on any atom is 0.283 e. The molecule has 2 aliphatic rings.